The highest BCUT2D eigenvalue weighted by Crippen LogP contribution is 2.35. The molecule has 182 valence electrons. The van der Waals surface area contributed by atoms with Crippen LogP contribution < -0.4 is 10.1 Å². The molecule has 2 aromatic carbocycles. The van der Waals surface area contributed by atoms with Crippen molar-refractivity contribution in [3.63, 3.8) is 0 Å². The standard InChI is InChI=1S/C26H24N6O2S2/c1-17-11-20(14-28)12-18(2)24(17)34-25-22(36-16-23(33)32-7-9-35-10-8-32)15-29-26(31-25)30-21-5-3-19(13-27)4-6-21/h3-6,11-12,15H,7-10,16H2,1-2H3,(H,29,30,31). The van der Waals surface area contributed by atoms with Crippen LogP contribution in [-0.2, 0) is 4.79 Å². The summed E-state index contributed by atoms with van der Waals surface area (Å²) in [5.41, 5.74) is 3.46. The second kappa shape index (κ2) is 11.8. The molecule has 1 aromatic heterocycles. The Labute approximate surface area is 218 Å². The van der Waals surface area contributed by atoms with Gasteiger partial charge in [-0.2, -0.15) is 27.3 Å². The average Bonchev–Trinajstić information content (AvgIpc) is 2.90. The van der Waals surface area contributed by atoms with Gasteiger partial charge in [0.15, 0.2) is 0 Å². The number of carbonyl (C=O) groups excluding carboxylic acids is 1. The summed E-state index contributed by atoms with van der Waals surface area (Å²) in [7, 11) is 0. The summed E-state index contributed by atoms with van der Waals surface area (Å²) in [6.07, 6.45) is 1.65. The molecule has 2 heterocycles. The van der Waals surface area contributed by atoms with Crippen LogP contribution in [0, 0.1) is 36.5 Å². The van der Waals surface area contributed by atoms with E-state index in [4.69, 9.17) is 10.00 Å². The summed E-state index contributed by atoms with van der Waals surface area (Å²) in [6, 6.07) is 14.7. The third-order valence-electron chi connectivity index (χ3n) is 5.50. The Morgan fingerprint density at radius 3 is 2.42 bits per heavy atom. The van der Waals surface area contributed by atoms with E-state index in [-0.39, 0.29) is 11.7 Å². The van der Waals surface area contributed by atoms with Gasteiger partial charge in [-0.15, -0.1) is 11.8 Å². The minimum atomic E-state index is 0.0803. The van der Waals surface area contributed by atoms with Gasteiger partial charge in [0.2, 0.25) is 17.7 Å². The maximum Gasteiger partial charge on any atom is 0.237 e. The number of hydrogen-bond acceptors (Lipinski definition) is 9. The Hall–Kier alpha value is -3.73. The zero-order chi connectivity index (χ0) is 25.5. The molecule has 0 aliphatic carbocycles. The van der Waals surface area contributed by atoms with Gasteiger partial charge in [0, 0.05) is 36.5 Å². The summed E-state index contributed by atoms with van der Waals surface area (Å²) in [4.78, 5) is 24.3. The predicted molar refractivity (Wildman–Crippen MR) is 142 cm³/mol. The number of rotatable bonds is 7. The van der Waals surface area contributed by atoms with Crippen molar-refractivity contribution in [3.8, 4) is 23.8 Å². The number of benzene rings is 2. The quantitative estimate of drug-likeness (QED) is 0.431. The van der Waals surface area contributed by atoms with E-state index in [1.807, 2.05) is 30.5 Å². The molecule has 36 heavy (non-hydrogen) atoms. The Morgan fingerprint density at radius 2 is 1.78 bits per heavy atom. The number of thioether (sulfide) groups is 2. The van der Waals surface area contributed by atoms with Crippen LogP contribution in [0.4, 0.5) is 11.6 Å². The van der Waals surface area contributed by atoms with E-state index >= 15 is 0 Å². The number of aromatic nitrogens is 2. The van der Waals surface area contributed by atoms with Crippen LogP contribution in [0.1, 0.15) is 22.3 Å². The fraction of sp³-hybridized carbons (Fsp3) is 0.269. The first-order valence-electron chi connectivity index (χ1n) is 11.3. The Balaban J connectivity index is 1.60. The number of anilines is 2. The molecule has 8 nitrogen and oxygen atoms in total. The van der Waals surface area contributed by atoms with E-state index in [9.17, 15) is 10.1 Å². The fourth-order valence-corrected chi connectivity index (χ4v) is 5.36. The van der Waals surface area contributed by atoms with E-state index in [1.165, 1.54) is 11.8 Å². The molecule has 0 radical (unpaired) electrons. The number of amides is 1. The van der Waals surface area contributed by atoms with Gasteiger partial charge in [0.25, 0.3) is 0 Å². The highest BCUT2D eigenvalue weighted by Gasteiger charge is 2.20. The van der Waals surface area contributed by atoms with Crippen LogP contribution in [-0.4, -0.2) is 51.1 Å². The topological polar surface area (TPSA) is 115 Å². The molecule has 1 fully saturated rings. The SMILES string of the molecule is Cc1cc(C#N)cc(C)c1Oc1nc(Nc2ccc(C#N)cc2)ncc1SCC(=O)N1CCSCC1. The van der Waals surface area contributed by atoms with Crippen LogP contribution in [0.2, 0.25) is 0 Å². The van der Waals surface area contributed by atoms with Crippen molar-refractivity contribution in [2.75, 3.05) is 35.7 Å². The number of ether oxygens (including phenoxy) is 1. The maximum absolute atomic E-state index is 12.7. The molecule has 0 atom stereocenters. The van der Waals surface area contributed by atoms with Gasteiger partial charge in [-0.3, -0.25) is 4.79 Å². The number of nitrogens with zero attached hydrogens (tertiary/aromatic N) is 5. The first-order valence-corrected chi connectivity index (χ1v) is 13.4. The molecule has 1 aliphatic rings. The van der Waals surface area contributed by atoms with E-state index in [0.717, 1.165) is 41.4 Å². The largest absolute Gasteiger partial charge is 0.437 e. The number of aryl methyl sites for hydroxylation is 2. The van der Waals surface area contributed by atoms with E-state index in [2.05, 4.69) is 27.4 Å². The molecule has 0 saturated carbocycles. The van der Waals surface area contributed by atoms with Gasteiger partial charge in [0.1, 0.15) is 5.75 Å². The van der Waals surface area contributed by atoms with Gasteiger partial charge in [-0.25, -0.2) is 4.98 Å². The maximum atomic E-state index is 12.7. The fourth-order valence-electron chi connectivity index (χ4n) is 3.66. The van der Waals surface area contributed by atoms with Gasteiger partial charge in [-0.1, -0.05) is 0 Å². The number of nitrogens with one attached hydrogen (secondary N) is 1. The van der Waals surface area contributed by atoms with Crippen molar-refractivity contribution in [1.29, 1.82) is 10.5 Å². The number of nitriles is 2. The van der Waals surface area contributed by atoms with E-state index in [0.29, 0.717) is 33.6 Å². The summed E-state index contributed by atoms with van der Waals surface area (Å²) in [5.74, 6) is 3.52. The van der Waals surface area contributed by atoms with Crippen LogP contribution in [0.3, 0.4) is 0 Å². The van der Waals surface area contributed by atoms with Crippen LogP contribution in [0.25, 0.3) is 0 Å². The average molecular weight is 517 g/mol. The molecule has 0 bridgehead atoms. The molecule has 1 saturated heterocycles. The lowest BCUT2D eigenvalue weighted by Crippen LogP contribution is -2.38. The van der Waals surface area contributed by atoms with Gasteiger partial charge in [-0.05, 0) is 61.4 Å². The van der Waals surface area contributed by atoms with Crippen molar-refractivity contribution in [3.05, 3.63) is 64.8 Å². The highest BCUT2D eigenvalue weighted by atomic mass is 32.2. The van der Waals surface area contributed by atoms with Gasteiger partial charge < -0.3 is 15.0 Å². The molecule has 4 rings (SSSR count). The minimum absolute atomic E-state index is 0.0803. The third-order valence-corrected chi connectivity index (χ3v) is 7.42. The second-order valence-corrected chi connectivity index (χ2v) is 10.4. The van der Waals surface area contributed by atoms with Crippen molar-refractivity contribution in [2.45, 2.75) is 18.7 Å². The number of carbonyl (C=O) groups is 1. The molecule has 3 aromatic rings. The van der Waals surface area contributed by atoms with Crippen molar-refractivity contribution in [1.82, 2.24) is 14.9 Å². The van der Waals surface area contributed by atoms with Crippen molar-refractivity contribution in [2.24, 2.45) is 0 Å². The lowest BCUT2D eigenvalue weighted by Gasteiger charge is -2.26. The smallest absolute Gasteiger partial charge is 0.237 e. The summed E-state index contributed by atoms with van der Waals surface area (Å²) in [5, 5.41) is 21.4. The zero-order valence-electron chi connectivity index (χ0n) is 19.9. The first kappa shape index (κ1) is 25.4. The van der Waals surface area contributed by atoms with Gasteiger partial charge in [0.05, 0.1) is 33.9 Å². The highest BCUT2D eigenvalue weighted by molar-refractivity contribution is 8.00. The number of hydrogen-bond donors (Lipinski definition) is 1. The van der Waals surface area contributed by atoms with Crippen LogP contribution in [0.15, 0.2) is 47.5 Å². The van der Waals surface area contributed by atoms with Crippen molar-refractivity contribution < 1.29 is 9.53 Å². The van der Waals surface area contributed by atoms with Crippen LogP contribution in [0.5, 0.6) is 11.6 Å². The van der Waals surface area contributed by atoms with E-state index in [1.54, 1.807) is 42.6 Å². The molecular formula is C26H24N6O2S2. The summed E-state index contributed by atoms with van der Waals surface area (Å²) >= 11 is 3.20. The molecular weight excluding hydrogens is 492 g/mol. The predicted octanol–water partition coefficient (Wildman–Crippen LogP) is 5.04. The second-order valence-electron chi connectivity index (χ2n) is 8.11. The molecule has 0 spiro atoms. The normalized spacial score (nSPS) is 12.9. The molecule has 1 amide bonds. The summed E-state index contributed by atoms with van der Waals surface area (Å²) in [6.45, 7) is 5.29. The zero-order valence-corrected chi connectivity index (χ0v) is 21.6. The first-order chi connectivity index (χ1) is 17.5. The Bertz CT molecular complexity index is 1320. The third kappa shape index (κ3) is 6.28. The molecule has 1 aliphatic heterocycles. The van der Waals surface area contributed by atoms with Crippen molar-refractivity contribution >= 4 is 41.1 Å². The lowest BCUT2D eigenvalue weighted by molar-refractivity contribution is -0.127. The lowest BCUT2D eigenvalue weighted by atomic mass is 10.1. The molecule has 1 N–H and O–H groups in total. The monoisotopic (exact) mass is 516 g/mol. The summed E-state index contributed by atoms with van der Waals surface area (Å²) < 4.78 is 6.27. The Morgan fingerprint density at radius 1 is 1.11 bits per heavy atom. The molecule has 0 unspecified atom stereocenters. The van der Waals surface area contributed by atoms with Crippen LogP contribution >= 0.6 is 23.5 Å². The van der Waals surface area contributed by atoms with E-state index < -0.39 is 0 Å². The van der Waals surface area contributed by atoms with Gasteiger partial charge >= 0.3 is 0 Å². The Kier molecular flexibility index (Phi) is 8.32. The minimum Gasteiger partial charge on any atom is -0.437 e. The molecule has 10 heteroatoms.